The predicted octanol–water partition coefficient (Wildman–Crippen LogP) is 0.813. The zero-order chi connectivity index (χ0) is 11.8. The molecule has 1 saturated heterocycles. The van der Waals surface area contributed by atoms with Crippen LogP contribution in [0.25, 0.3) is 0 Å². The van der Waals surface area contributed by atoms with Gasteiger partial charge in [0.2, 0.25) is 0 Å². The quantitative estimate of drug-likeness (QED) is 0.726. The SMILES string of the molecule is Cc1nn(C2CCS(=O)(=O)CC2)cc1C#N. The maximum Gasteiger partial charge on any atom is 0.150 e. The fraction of sp³-hybridized carbons (Fsp3) is 0.600. The van der Waals surface area contributed by atoms with Crippen LogP contribution in [0.3, 0.4) is 0 Å². The number of hydrogen-bond donors (Lipinski definition) is 0. The van der Waals surface area contributed by atoms with Crippen molar-refractivity contribution >= 4 is 9.84 Å². The Labute approximate surface area is 94.6 Å². The van der Waals surface area contributed by atoms with E-state index in [1.807, 2.05) is 0 Å². The average Bonchev–Trinajstić information content (AvgIpc) is 2.59. The van der Waals surface area contributed by atoms with E-state index < -0.39 is 9.84 Å². The summed E-state index contributed by atoms with van der Waals surface area (Å²) in [6.07, 6.45) is 2.89. The molecule has 0 radical (unpaired) electrons. The van der Waals surface area contributed by atoms with E-state index in [1.54, 1.807) is 17.8 Å². The monoisotopic (exact) mass is 239 g/mol. The summed E-state index contributed by atoms with van der Waals surface area (Å²) < 4.78 is 24.3. The first-order valence-electron chi connectivity index (χ1n) is 5.18. The van der Waals surface area contributed by atoms with E-state index in [4.69, 9.17) is 5.26 Å². The number of nitrogens with zero attached hydrogens (tertiary/aromatic N) is 3. The predicted molar refractivity (Wildman–Crippen MR) is 58.6 cm³/mol. The maximum absolute atomic E-state index is 11.3. The highest BCUT2D eigenvalue weighted by Gasteiger charge is 2.25. The molecular weight excluding hydrogens is 226 g/mol. The van der Waals surface area contributed by atoms with Gasteiger partial charge in [0.1, 0.15) is 15.9 Å². The van der Waals surface area contributed by atoms with Crippen molar-refractivity contribution in [3.8, 4) is 6.07 Å². The van der Waals surface area contributed by atoms with Crippen molar-refractivity contribution in [2.75, 3.05) is 11.5 Å². The second-order valence-corrected chi connectivity index (χ2v) is 6.41. The van der Waals surface area contributed by atoms with Crippen LogP contribution in [-0.4, -0.2) is 29.7 Å². The molecule has 2 heterocycles. The number of sulfone groups is 1. The molecule has 0 N–H and O–H groups in total. The van der Waals surface area contributed by atoms with Gasteiger partial charge in [-0.15, -0.1) is 0 Å². The molecular formula is C10H13N3O2S. The number of aromatic nitrogens is 2. The van der Waals surface area contributed by atoms with Gasteiger partial charge < -0.3 is 0 Å². The van der Waals surface area contributed by atoms with E-state index >= 15 is 0 Å². The second-order valence-electron chi connectivity index (χ2n) is 4.10. The van der Waals surface area contributed by atoms with Crippen molar-refractivity contribution in [1.82, 2.24) is 9.78 Å². The van der Waals surface area contributed by atoms with E-state index in [0.717, 1.165) is 0 Å². The van der Waals surface area contributed by atoms with E-state index in [9.17, 15) is 8.42 Å². The zero-order valence-electron chi connectivity index (χ0n) is 9.05. The molecule has 0 atom stereocenters. The molecule has 0 amide bonds. The minimum absolute atomic E-state index is 0.115. The van der Waals surface area contributed by atoms with Crippen molar-refractivity contribution < 1.29 is 8.42 Å². The molecule has 86 valence electrons. The van der Waals surface area contributed by atoms with Crippen LogP contribution in [0.1, 0.15) is 30.1 Å². The lowest BCUT2D eigenvalue weighted by atomic mass is 10.2. The van der Waals surface area contributed by atoms with E-state index in [1.165, 1.54) is 0 Å². The fourth-order valence-corrected chi connectivity index (χ4v) is 3.39. The standard InChI is InChI=1S/C10H13N3O2S/c1-8-9(6-11)7-13(12-8)10-2-4-16(14,15)5-3-10/h7,10H,2-5H2,1H3. The highest BCUT2D eigenvalue weighted by Crippen LogP contribution is 2.24. The Morgan fingerprint density at radius 2 is 2.12 bits per heavy atom. The third-order valence-corrected chi connectivity index (χ3v) is 4.65. The summed E-state index contributed by atoms with van der Waals surface area (Å²) in [7, 11) is -2.84. The third kappa shape index (κ3) is 2.09. The first-order chi connectivity index (χ1) is 7.52. The van der Waals surface area contributed by atoms with Crippen LogP contribution < -0.4 is 0 Å². The van der Waals surface area contributed by atoms with Crippen LogP contribution in [-0.2, 0) is 9.84 Å². The van der Waals surface area contributed by atoms with Crippen LogP contribution in [0.5, 0.6) is 0 Å². The highest BCUT2D eigenvalue weighted by atomic mass is 32.2. The largest absolute Gasteiger partial charge is 0.268 e. The molecule has 2 rings (SSSR count). The molecule has 0 aromatic carbocycles. The molecule has 1 aromatic rings. The Morgan fingerprint density at radius 1 is 1.50 bits per heavy atom. The first kappa shape index (κ1) is 11.1. The van der Waals surface area contributed by atoms with Gasteiger partial charge in [-0.1, -0.05) is 0 Å². The van der Waals surface area contributed by atoms with Gasteiger partial charge in [-0.3, -0.25) is 4.68 Å². The van der Waals surface area contributed by atoms with Gasteiger partial charge in [0.25, 0.3) is 0 Å². The van der Waals surface area contributed by atoms with Crippen LogP contribution in [0, 0.1) is 18.3 Å². The first-order valence-corrected chi connectivity index (χ1v) is 7.00. The minimum Gasteiger partial charge on any atom is -0.268 e. The van der Waals surface area contributed by atoms with Gasteiger partial charge in [-0.05, 0) is 19.8 Å². The van der Waals surface area contributed by atoms with Gasteiger partial charge >= 0.3 is 0 Å². The Hall–Kier alpha value is -1.35. The van der Waals surface area contributed by atoms with Crippen molar-refractivity contribution in [3.05, 3.63) is 17.5 Å². The van der Waals surface area contributed by atoms with Crippen molar-refractivity contribution in [1.29, 1.82) is 5.26 Å². The summed E-state index contributed by atoms with van der Waals surface area (Å²) in [6.45, 7) is 1.79. The van der Waals surface area contributed by atoms with Crippen LogP contribution in [0.4, 0.5) is 0 Å². The van der Waals surface area contributed by atoms with Gasteiger partial charge in [-0.25, -0.2) is 8.42 Å². The molecule has 16 heavy (non-hydrogen) atoms. The zero-order valence-corrected chi connectivity index (χ0v) is 9.87. The van der Waals surface area contributed by atoms with Gasteiger partial charge in [-0.2, -0.15) is 10.4 Å². The molecule has 1 aromatic heterocycles. The summed E-state index contributed by atoms with van der Waals surface area (Å²) in [5.74, 6) is 0.441. The molecule has 0 aliphatic carbocycles. The van der Waals surface area contributed by atoms with Gasteiger partial charge in [0, 0.05) is 6.20 Å². The Bertz CT molecular complexity index is 525. The molecule has 1 fully saturated rings. The summed E-state index contributed by atoms with van der Waals surface area (Å²) >= 11 is 0. The van der Waals surface area contributed by atoms with Crippen molar-refractivity contribution in [2.24, 2.45) is 0 Å². The minimum atomic E-state index is -2.84. The van der Waals surface area contributed by atoms with E-state index in [-0.39, 0.29) is 17.5 Å². The molecule has 6 heteroatoms. The Morgan fingerprint density at radius 3 is 2.62 bits per heavy atom. The molecule has 1 aliphatic rings. The normalized spacial score (nSPS) is 20.5. The third-order valence-electron chi connectivity index (χ3n) is 2.94. The number of aryl methyl sites for hydroxylation is 1. The maximum atomic E-state index is 11.3. The molecule has 0 bridgehead atoms. The second kappa shape index (κ2) is 3.91. The average molecular weight is 239 g/mol. The Kier molecular flexibility index (Phi) is 2.72. The lowest BCUT2D eigenvalue weighted by Crippen LogP contribution is -2.25. The molecule has 0 unspecified atom stereocenters. The summed E-state index contributed by atoms with van der Waals surface area (Å²) in [5.41, 5.74) is 1.27. The number of hydrogen-bond acceptors (Lipinski definition) is 4. The summed E-state index contributed by atoms with van der Waals surface area (Å²) in [4.78, 5) is 0. The van der Waals surface area contributed by atoms with Crippen LogP contribution in [0.2, 0.25) is 0 Å². The molecule has 1 aliphatic heterocycles. The molecule has 0 spiro atoms. The molecule has 5 nitrogen and oxygen atoms in total. The number of rotatable bonds is 1. The fourth-order valence-electron chi connectivity index (χ4n) is 1.92. The summed E-state index contributed by atoms with van der Waals surface area (Å²) in [6, 6.07) is 2.18. The van der Waals surface area contributed by atoms with Crippen LogP contribution in [0.15, 0.2) is 6.20 Å². The van der Waals surface area contributed by atoms with Gasteiger partial charge in [0.05, 0.1) is 28.8 Å². The number of nitriles is 1. The smallest absolute Gasteiger partial charge is 0.150 e. The lowest BCUT2D eigenvalue weighted by molar-refractivity contribution is 0.412. The summed E-state index contributed by atoms with van der Waals surface area (Å²) in [5, 5.41) is 13.1. The van der Waals surface area contributed by atoms with E-state index in [0.29, 0.717) is 24.1 Å². The van der Waals surface area contributed by atoms with Crippen molar-refractivity contribution in [2.45, 2.75) is 25.8 Å². The van der Waals surface area contributed by atoms with Crippen molar-refractivity contribution in [3.63, 3.8) is 0 Å². The van der Waals surface area contributed by atoms with Gasteiger partial charge in [0.15, 0.2) is 0 Å². The Balaban J connectivity index is 2.18. The molecule has 0 saturated carbocycles. The van der Waals surface area contributed by atoms with E-state index in [2.05, 4.69) is 11.2 Å². The van der Waals surface area contributed by atoms with Crippen LogP contribution >= 0.6 is 0 Å². The highest BCUT2D eigenvalue weighted by molar-refractivity contribution is 7.91. The topological polar surface area (TPSA) is 75.8 Å². The lowest BCUT2D eigenvalue weighted by Gasteiger charge is -2.22.